The number of fused-ring (bicyclic) bond motifs is 1. The largest absolute Gasteiger partial charge is 0.389 e. The monoisotopic (exact) mass is 268 g/mol. The normalized spacial score (nSPS) is 16.4. The van der Waals surface area contributed by atoms with Crippen molar-refractivity contribution in [2.75, 3.05) is 18.0 Å². The number of hydrogen-bond donors (Lipinski definition) is 1. The number of aliphatic hydroxyl groups is 1. The van der Waals surface area contributed by atoms with Gasteiger partial charge in [0.25, 0.3) is 0 Å². The van der Waals surface area contributed by atoms with Crippen molar-refractivity contribution >= 4 is 5.82 Å². The molecule has 0 aliphatic carbocycles. The van der Waals surface area contributed by atoms with Gasteiger partial charge in [0.15, 0.2) is 0 Å². The van der Waals surface area contributed by atoms with Crippen LogP contribution in [0.25, 0.3) is 0 Å². The third kappa shape index (κ3) is 2.68. The minimum atomic E-state index is -0.444. The Morgan fingerprint density at radius 2 is 1.75 bits per heavy atom. The van der Waals surface area contributed by atoms with Crippen LogP contribution >= 0.6 is 0 Å². The van der Waals surface area contributed by atoms with E-state index in [1.54, 1.807) is 13.1 Å². The molecule has 3 rings (SSSR count). The van der Waals surface area contributed by atoms with E-state index in [0.29, 0.717) is 0 Å². The summed E-state index contributed by atoms with van der Waals surface area (Å²) in [6, 6.07) is 12.5. The molecule has 0 spiro atoms. The van der Waals surface area contributed by atoms with Crippen LogP contribution in [0.3, 0.4) is 0 Å². The Hall–Kier alpha value is -1.87. The van der Waals surface area contributed by atoms with Crippen molar-refractivity contribution in [3.63, 3.8) is 0 Å². The van der Waals surface area contributed by atoms with Crippen molar-refractivity contribution in [3.8, 4) is 0 Å². The summed E-state index contributed by atoms with van der Waals surface area (Å²) in [7, 11) is 0. The summed E-state index contributed by atoms with van der Waals surface area (Å²) in [6.45, 7) is 3.75. The second-order valence-electron chi connectivity index (χ2n) is 5.38. The fourth-order valence-corrected chi connectivity index (χ4v) is 2.76. The topological polar surface area (TPSA) is 36.4 Å². The molecule has 2 aromatic rings. The first kappa shape index (κ1) is 13.1. The number of aliphatic hydroxyl groups excluding tert-OH is 1. The molecular formula is C17H20N2O. The van der Waals surface area contributed by atoms with Crippen LogP contribution in [0.4, 0.5) is 5.82 Å². The molecule has 0 radical (unpaired) electrons. The van der Waals surface area contributed by atoms with E-state index in [1.807, 2.05) is 12.1 Å². The molecule has 1 aliphatic rings. The van der Waals surface area contributed by atoms with Crippen molar-refractivity contribution in [3.05, 3.63) is 59.3 Å². The fourth-order valence-electron chi connectivity index (χ4n) is 2.76. The van der Waals surface area contributed by atoms with Gasteiger partial charge in [0.2, 0.25) is 0 Å². The summed E-state index contributed by atoms with van der Waals surface area (Å²) in [5, 5.41) is 9.70. The van der Waals surface area contributed by atoms with E-state index in [-0.39, 0.29) is 0 Å². The molecule has 1 N–H and O–H groups in total. The standard InChI is InChI=1S/C17H20N2O/c1-13(20)16-6-9-18-17(12-16)19-10-7-14-4-2-3-5-15(14)8-11-19/h2-6,9,12-13,20H,7-8,10-11H2,1H3/t13-/m1/s1. The van der Waals surface area contributed by atoms with Crippen LogP contribution in [-0.2, 0) is 12.8 Å². The molecule has 0 fully saturated rings. The Labute approximate surface area is 119 Å². The second-order valence-corrected chi connectivity index (χ2v) is 5.38. The van der Waals surface area contributed by atoms with Gasteiger partial charge in [0.05, 0.1) is 6.10 Å². The molecule has 104 valence electrons. The smallest absolute Gasteiger partial charge is 0.128 e. The van der Waals surface area contributed by atoms with Crippen LogP contribution in [-0.4, -0.2) is 23.2 Å². The Morgan fingerprint density at radius 3 is 2.35 bits per heavy atom. The first-order chi connectivity index (χ1) is 9.74. The van der Waals surface area contributed by atoms with Gasteiger partial charge in [-0.1, -0.05) is 24.3 Å². The quantitative estimate of drug-likeness (QED) is 0.910. The lowest BCUT2D eigenvalue weighted by molar-refractivity contribution is 0.199. The van der Waals surface area contributed by atoms with E-state index in [4.69, 9.17) is 0 Å². The molecule has 3 heteroatoms. The zero-order valence-electron chi connectivity index (χ0n) is 11.8. The number of pyridine rings is 1. The lowest BCUT2D eigenvalue weighted by Crippen LogP contribution is -2.27. The molecule has 20 heavy (non-hydrogen) atoms. The highest BCUT2D eigenvalue weighted by molar-refractivity contribution is 5.43. The Kier molecular flexibility index (Phi) is 3.70. The van der Waals surface area contributed by atoms with Gasteiger partial charge in [0, 0.05) is 19.3 Å². The maximum Gasteiger partial charge on any atom is 0.128 e. The maximum atomic E-state index is 9.70. The van der Waals surface area contributed by atoms with Gasteiger partial charge in [-0.3, -0.25) is 0 Å². The second kappa shape index (κ2) is 5.63. The highest BCUT2D eigenvalue weighted by Gasteiger charge is 2.15. The van der Waals surface area contributed by atoms with E-state index < -0.39 is 6.10 Å². The number of rotatable bonds is 2. The summed E-state index contributed by atoms with van der Waals surface area (Å²) in [6.07, 6.45) is 3.45. The van der Waals surface area contributed by atoms with Gasteiger partial charge in [-0.2, -0.15) is 0 Å². The predicted molar refractivity (Wildman–Crippen MR) is 80.9 cm³/mol. The average molecular weight is 268 g/mol. The molecule has 1 aromatic carbocycles. The average Bonchev–Trinajstić information content (AvgIpc) is 2.70. The minimum Gasteiger partial charge on any atom is -0.389 e. The Balaban J connectivity index is 1.81. The first-order valence-corrected chi connectivity index (χ1v) is 7.20. The van der Waals surface area contributed by atoms with Gasteiger partial charge in [-0.05, 0) is 48.6 Å². The van der Waals surface area contributed by atoms with E-state index in [1.165, 1.54) is 11.1 Å². The highest BCUT2D eigenvalue weighted by atomic mass is 16.3. The number of aromatic nitrogens is 1. The van der Waals surface area contributed by atoms with E-state index >= 15 is 0 Å². The number of hydrogen-bond acceptors (Lipinski definition) is 3. The third-order valence-corrected chi connectivity index (χ3v) is 4.00. The van der Waals surface area contributed by atoms with Gasteiger partial charge in [-0.15, -0.1) is 0 Å². The number of nitrogens with zero attached hydrogens (tertiary/aromatic N) is 2. The highest BCUT2D eigenvalue weighted by Crippen LogP contribution is 2.22. The Morgan fingerprint density at radius 1 is 1.10 bits per heavy atom. The van der Waals surface area contributed by atoms with Crippen molar-refractivity contribution < 1.29 is 5.11 Å². The summed E-state index contributed by atoms with van der Waals surface area (Å²) in [5.41, 5.74) is 3.82. The maximum absolute atomic E-state index is 9.70. The van der Waals surface area contributed by atoms with Crippen LogP contribution in [0.2, 0.25) is 0 Å². The van der Waals surface area contributed by atoms with E-state index in [9.17, 15) is 5.11 Å². The number of benzene rings is 1. The summed E-state index contributed by atoms with van der Waals surface area (Å²) in [4.78, 5) is 6.78. The van der Waals surface area contributed by atoms with Crippen molar-refractivity contribution in [2.24, 2.45) is 0 Å². The molecule has 0 unspecified atom stereocenters. The third-order valence-electron chi connectivity index (χ3n) is 4.00. The minimum absolute atomic E-state index is 0.444. The molecule has 1 atom stereocenters. The summed E-state index contributed by atoms with van der Waals surface area (Å²) < 4.78 is 0. The van der Waals surface area contributed by atoms with Crippen LogP contribution in [0.1, 0.15) is 29.7 Å². The molecule has 0 saturated carbocycles. The molecular weight excluding hydrogens is 248 g/mol. The Bertz CT molecular complexity index is 568. The molecule has 0 bridgehead atoms. The van der Waals surface area contributed by atoms with Gasteiger partial charge in [0.1, 0.15) is 5.82 Å². The van der Waals surface area contributed by atoms with Crippen LogP contribution < -0.4 is 4.90 Å². The zero-order valence-corrected chi connectivity index (χ0v) is 11.8. The van der Waals surface area contributed by atoms with Gasteiger partial charge in [-0.25, -0.2) is 4.98 Å². The van der Waals surface area contributed by atoms with E-state index in [0.717, 1.165) is 37.3 Å². The lowest BCUT2D eigenvalue weighted by Gasteiger charge is -2.22. The molecule has 1 aromatic heterocycles. The van der Waals surface area contributed by atoms with Crippen LogP contribution in [0.5, 0.6) is 0 Å². The molecule has 3 nitrogen and oxygen atoms in total. The van der Waals surface area contributed by atoms with Crippen molar-refractivity contribution in [1.29, 1.82) is 0 Å². The SMILES string of the molecule is C[C@@H](O)c1ccnc(N2CCc3ccccc3CC2)c1. The molecule has 0 saturated heterocycles. The summed E-state index contributed by atoms with van der Waals surface area (Å²) in [5.74, 6) is 0.969. The zero-order chi connectivity index (χ0) is 13.9. The van der Waals surface area contributed by atoms with Crippen molar-refractivity contribution in [1.82, 2.24) is 4.98 Å². The van der Waals surface area contributed by atoms with E-state index in [2.05, 4.69) is 34.1 Å². The first-order valence-electron chi connectivity index (χ1n) is 7.20. The van der Waals surface area contributed by atoms with Gasteiger partial charge >= 0.3 is 0 Å². The van der Waals surface area contributed by atoms with Crippen LogP contribution in [0, 0.1) is 0 Å². The molecule has 2 heterocycles. The number of anilines is 1. The van der Waals surface area contributed by atoms with Gasteiger partial charge < -0.3 is 10.0 Å². The predicted octanol–water partition coefficient (Wildman–Crippen LogP) is 2.74. The van der Waals surface area contributed by atoms with Crippen LogP contribution in [0.15, 0.2) is 42.6 Å². The lowest BCUT2D eigenvalue weighted by atomic mass is 10.0. The van der Waals surface area contributed by atoms with Crippen molar-refractivity contribution in [2.45, 2.75) is 25.9 Å². The fraction of sp³-hybridized carbons (Fsp3) is 0.353. The summed E-state index contributed by atoms with van der Waals surface area (Å²) >= 11 is 0. The molecule has 0 amide bonds. The molecule has 1 aliphatic heterocycles.